The number of alkyl halides is 3. The van der Waals surface area contributed by atoms with Gasteiger partial charge >= 0.3 is 6.36 Å². The number of pyridine rings is 1. The maximum Gasteiger partial charge on any atom is 0.573 e. The van der Waals surface area contributed by atoms with Crippen molar-refractivity contribution < 1.29 is 27.5 Å². The molecule has 0 spiro atoms. The van der Waals surface area contributed by atoms with Crippen molar-refractivity contribution in [1.29, 1.82) is 0 Å². The lowest BCUT2D eigenvalue weighted by molar-refractivity contribution is -0.274. The lowest BCUT2D eigenvalue weighted by atomic mass is 10.1. The number of unbranched alkanes of at least 4 members (excludes halogenated alkanes) is 1. The highest BCUT2D eigenvalue weighted by Crippen LogP contribution is 2.23. The molecule has 0 aliphatic rings. The van der Waals surface area contributed by atoms with Crippen molar-refractivity contribution in [3.8, 4) is 5.75 Å². The Morgan fingerprint density at radius 2 is 1.55 bits per heavy atom. The van der Waals surface area contributed by atoms with E-state index in [1.54, 1.807) is 29.0 Å². The van der Waals surface area contributed by atoms with E-state index in [1.807, 2.05) is 30.3 Å². The minimum Gasteiger partial charge on any atom is -0.406 e. The number of nitrogens with one attached hydrogen (secondary N) is 2. The molecular formula is C30H28F3N5O4. The van der Waals surface area contributed by atoms with Gasteiger partial charge in [-0.25, -0.2) is 0 Å². The van der Waals surface area contributed by atoms with Gasteiger partial charge in [0.2, 0.25) is 11.8 Å². The molecule has 4 aromatic rings. The largest absolute Gasteiger partial charge is 0.573 e. The van der Waals surface area contributed by atoms with Gasteiger partial charge in [-0.15, -0.1) is 18.3 Å². The van der Waals surface area contributed by atoms with E-state index >= 15 is 0 Å². The van der Waals surface area contributed by atoms with Crippen LogP contribution in [0.3, 0.4) is 0 Å². The van der Waals surface area contributed by atoms with Gasteiger partial charge in [-0.1, -0.05) is 42.5 Å². The number of amides is 2. The highest BCUT2D eigenvalue weighted by atomic mass is 19.4. The first-order valence-electron chi connectivity index (χ1n) is 13.1. The Kier molecular flexibility index (Phi) is 10.0. The Balaban J connectivity index is 1.18. The highest BCUT2D eigenvalue weighted by molar-refractivity contribution is 5.92. The second-order valence-corrected chi connectivity index (χ2v) is 9.44. The Labute approximate surface area is 239 Å². The molecule has 0 bridgehead atoms. The van der Waals surface area contributed by atoms with Crippen LogP contribution in [0.1, 0.15) is 29.7 Å². The lowest BCUT2D eigenvalue weighted by Crippen LogP contribution is -2.21. The minimum absolute atomic E-state index is 0.168. The zero-order valence-electron chi connectivity index (χ0n) is 22.4. The summed E-state index contributed by atoms with van der Waals surface area (Å²) in [6, 6.07) is 20.9. The summed E-state index contributed by atoms with van der Waals surface area (Å²) >= 11 is 0. The molecule has 9 nitrogen and oxygen atoms in total. The van der Waals surface area contributed by atoms with E-state index in [-0.39, 0.29) is 30.1 Å². The first-order chi connectivity index (χ1) is 20.1. The number of halogens is 3. The molecule has 218 valence electrons. The molecule has 0 saturated carbocycles. The van der Waals surface area contributed by atoms with E-state index < -0.39 is 18.0 Å². The third-order valence-corrected chi connectivity index (χ3v) is 6.05. The maximum atomic E-state index is 12.5. The van der Waals surface area contributed by atoms with Crippen molar-refractivity contribution >= 4 is 23.3 Å². The summed E-state index contributed by atoms with van der Waals surface area (Å²) in [4.78, 5) is 37.0. The summed E-state index contributed by atoms with van der Waals surface area (Å²) in [5.74, 6) is -0.848. The van der Waals surface area contributed by atoms with Gasteiger partial charge < -0.3 is 19.9 Å². The molecule has 2 aromatic carbocycles. The number of carbonyl (C=O) groups is 2. The molecule has 2 amide bonds. The van der Waals surface area contributed by atoms with E-state index in [4.69, 9.17) is 0 Å². The minimum atomic E-state index is -4.81. The summed E-state index contributed by atoms with van der Waals surface area (Å²) in [7, 11) is 0. The first-order valence-corrected chi connectivity index (χ1v) is 13.1. The molecule has 0 fully saturated rings. The Hall–Kier alpha value is -5.00. The van der Waals surface area contributed by atoms with Crippen LogP contribution in [0.15, 0.2) is 89.9 Å². The van der Waals surface area contributed by atoms with Crippen LogP contribution in [0, 0.1) is 0 Å². The van der Waals surface area contributed by atoms with E-state index in [1.165, 1.54) is 18.2 Å². The molecule has 2 aromatic heterocycles. The summed E-state index contributed by atoms with van der Waals surface area (Å²) in [5, 5.41) is 13.4. The van der Waals surface area contributed by atoms with Crippen LogP contribution >= 0.6 is 0 Å². The molecule has 4 rings (SSSR count). The fourth-order valence-corrected chi connectivity index (χ4v) is 4.13. The standard InChI is InChI=1S/C30H28F3N5O4/c31-30(32,33)42-25-11-6-9-22(17-25)19-28(40)35-26-13-12-23(36-37-26)10-4-5-15-38-16-14-24(20-29(38)41)34-27(39)18-21-7-2-1-3-8-21/h1-3,6-9,11-14,16-17,20H,4-5,10,15,18-19H2,(H,34,39)(H,35,37,40). The third-order valence-electron chi connectivity index (χ3n) is 6.05. The predicted molar refractivity (Wildman–Crippen MR) is 150 cm³/mol. The van der Waals surface area contributed by atoms with Crippen molar-refractivity contribution in [3.05, 3.63) is 112 Å². The van der Waals surface area contributed by atoms with Gasteiger partial charge in [-0.2, -0.15) is 5.10 Å². The number of rotatable bonds is 12. The van der Waals surface area contributed by atoms with Gasteiger partial charge in [0, 0.05) is 24.5 Å². The van der Waals surface area contributed by atoms with Crippen LogP contribution in [0.4, 0.5) is 24.7 Å². The number of aromatic nitrogens is 3. The van der Waals surface area contributed by atoms with Crippen molar-refractivity contribution in [2.75, 3.05) is 10.6 Å². The lowest BCUT2D eigenvalue weighted by Gasteiger charge is -2.10. The number of carbonyl (C=O) groups excluding carboxylic acids is 2. The Morgan fingerprint density at radius 1 is 0.810 bits per heavy atom. The van der Waals surface area contributed by atoms with E-state index in [0.29, 0.717) is 36.3 Å². The monoisotopic (exact) mass is 579 g/mol. The molecule has 2 N–H and O–H groups in total. The summed E-state index contributed by atoms with van der Waals surface area (Å²) in [5.41, 5.74) is 2.17. The normalized spacial score (nSPS) is 11.1. The molecule has 2 heterocycles. The van der Waals surface area contributed by atoms with E-state index in [0.717, 1.165) is 24.1 Å². The summed E-state index contributed by atoms with van der Waals surface area (Å²) in [6.45, 7) is 0.494. The molecule has 0 unspecified atom stereocenters. The maximum absolute atomic E-state index is 12.5. The fraction of sp³-hybridized carbons (Fsp3) is 0.233. The molecule has 0 saturated heterocycles. The first kappa shape index (κ1) is 30.0. The number of nitrogens with zero attached hydrogens (tertiary/aromatic N) is 3. The summed E-state index contributed by atoms with van der Waals surface area (Å²) < 4.78 is 42.7. The van der Waals surface area contributed by atoms with Crippen molar-refractivity contribution in [2.24, 2.45) is 0 Å². The fourth-order valence-electron chi connectivity index (χ4n) is 4.13. The predicted octanol–water partition coefficient (Wildman–Crippen LogP) is 4.92. The number of anilines is 2. The van der Waals surface area contributed by atoms with Gasteiger partial charge in [-0.3, -0.25) is 14.4 Å². The smallest absolute Gasteiger partial charge is 0.406 e. The van der Waals surface area contributed by atoms with Gasteiger partial charge in [-0.05, 0) is 60.7 Å². The third kappa shape index (κ3) is 9.88. The topological polar surface area (TPSA) is 115 Å². The molecule has 0 aliphatic heterocycles. The molecule has 0 aliphatic carbocycles. The molecule has 42 heavy (non-hydrogen) atoms. The molecule has 0 atom stereocenters. The van der Waals surface area contributed by atoms with Gasteiger partial charge in [0.1, 0.15) is 5.75 Å². The second kappa shape index (κ2) is 14.1. The number of hydrogen-bond donors (Lipinski definition) is 2. The van der Waals surface area contributed by atoms with Gasteiger partial charge in [0.15, 0.2) is 5.82 Å². The van der Waals surface area contributed by atoms with Crippen molar-refractivity contribution in [2.45, 2.75) is 45.0 Å². The van der Waals surface area contributed by atoms with Crippen LogP contribution in [-0.4, -0.2) is 32.9 Å². The number of hydrogen-bond acceptors (Lipinski definition) is 6. The van der Waals surface area contributed by atoms with E-state index in [9.17, 15) is 27.6 Å². The van der Waals surface area contributed by atoms with Crippen LogP contribution in [0.25, 0.3) is 0 Å². The van der Waals surface area contributed by atoms with Crippen molar-refractivity contribution in [3.63, 3.8) is 0 Å². The summed E-state index contributed by atoms with van der Waals surface area (Å²) in [6.07, 6.45) is -1.06. The SMILES string of the molecule is O=C(Cc1ccccc1)Nc1ccn(CCCCc2ccc(NC(=O)Cc3cccc(OC(F)(F)F)c3)nn2)c(=O)c1. The zero-order chi connectivity index (χ0) is 30.0. The quantitative estimate of drug-likeness (QED) is 0.230. The zero-order valence-corrected chi connectivity index (χ0v) is 22.4. The Bertz CT molecular complexity index is 1560. The van der Waals surface area contributed by atoms with Crippen LogP contribution in [0.2, 0.25) is 0 Å². The average Bonchev–Trinajstić information content (AvgIpc) is 2.92. The van der Waals surface area contributed by atoms with Crippen LogP contribution < -0.4 is 20.9 Å². The van der Waals surface area contributed by atoms with Crippen LogP contribution in [-0.2, 0) is 35.4 Å². The molecule has 12 heteroatoms. The molecular weight excluding hydrogens is 551 g/mol. The number of benzene rings is 2. The van der Waals surface area contributed by atoms with Crippen LogP contribution in [0.5, 0.6) is 5.75 Å². The van der Waals surface area contributed by atoms with Gasteiger partial charge in [0.25, 0.3) is 5.56 Å². The number of aryl methyl sites for hydroxylation is 2. The average molecular weight is 580 g/mol. The van der Waals surface area contributed by atoms with E-state index in [2.05, 4.69) is 25.6 Å². The highest BCUT2D eigenvalue weighted by Gasteiger charge is 2.31. The number of ether oxygens (including phenoxy) is 1. The Morgan fingerprint density at radius 3 is 2.26 bits per heavy atom. The molecule has 0 radical (unpaired) electrons. The van der Waals surface area contributed by atoms with Gasteiger partial charge in [0.05, 0.1) is 18.5 Å². The van der Waals surface area contributed by atoms with Crippen molar-refractivity contribution in [1.82, 2.24) is 14.8 Å². The second-order valence-electron chi connectivity index (χ2n) is 9.44.